The van der Waals surface area contributed by atoms with Gasteiger partial charge >= 0.3 is 5.97 Å². The van der Waals surface area contributed by atoms with Crippen LogP contribution in [0.4, 0.5) is 10.1 Å². The predicted octanol–water partition coefficient (Wildman–Crippen LogP) is 1.82. The minimum absolute atomic E-state index is 0.124. The first kappa shape index (κ1) is 14.4. The number of esters is 1. The van der Waals surface area contributed by atoms with E-state index < -0.39 is 17.8 Å². The fourth-order valence-corrected chi connectivity index (χ4v) is 1.47. The number of hydrogen-bond acceptors (Lipinski definition) is 4. The van der Waals surface area contributed by atoms with Crippen LogP contribution in [0, 0.1) is 5.82 Å². The normalized spacial score (nSPS) is 11.7. The Morgan fingerprint density at radius 2 is 2.28 bits per heavy atom. The predicted molar refractivity (Wildman–Crippen MR) is 72.0 cm³/mol. The molecule has 0 saturated carbocycles. The van der Waals surface area contributed by atoms with Crippen LogP contribution in [0.3, 0.4) is 0 Å². The van der Waals surface area contributed by atoms with Crippen molar-refractivity contribution in [2.24, 2.45) is 5.73 Å². The Morgan fingerprint density at radius 1 is 1.61 bits per heavy atom. The third-order valence-corrected chi connectivity index (χ3v) is 2.50. The number of rotatable bonds is 5. The Hall–Kier alpha value is -1.69. The zero-order valence-electron chi connectivity index (χ0n) is 10.2. The summed E-state index contributed by atoms with van der Waals surface area (Å²) in [6.07, 6.45) is 0. The van der Waals surface area contributed by atoms with Crippen LogP contribution in [0.5, 0.6) is 0 Å². The molecule has 3 N–H and O–H groups in total. The van der Waals surface area contributed by atoms with Gasteiger partial charge in [0.2, 0.25) is 0 Å². The summed E-state index contributed by atoms with van der Waals surface area (Å²) in [7, 11) is 0. The van der Waals surface area contributed by atoms with Crippen LogP contribution in [-0.4, -0.2) is 23.6 Å². The monoisotopic (exact) mass is 270 g/mol. The lowest BCUT2D eigenvalue weighted by atomic mass is 10.2. The van der Waals surface area contributed by atoms with Crippen molar-refractivity contribution in [1.29, 1.82) is 0 Å². The van der Waals surface area contributed by atoms with E-state index in [9.17, 15) is 9.18 Å². The molecule has 0 aliphatic heterocycles. The Morgan fingerprint density at radius 3 is 2.78 bits per heavy atom. The number of benzene rings is 1. The molecule has 6 heteroatoms. The lowest BCUT2D eigenvalue weighted by Crippen LogP contribution is -2.28. The van der Waals surface area contributed by atoms with Gasteiger partial charge in [0.25, 0.3) is 0 Å². The third kappa shape index (κ3) is 3.66. The maximum Gasteiger partial charge on any atom is 0.328 e. The van der Waals surface area contributed by atoms with Gasteiger partial charge in [-0.3, -0.25) is 0 Å². The zero-order valence-corrected chi connectivity index (χ0v) is 11.0. The first-order valence-electron chi connectivity index (χ1n) is 5.48. The minimum atomic E-state index is -0.630. The van der Waals surface area contributed by atoms with Crippen molar-refractivity contribution in [1.82, 2.24) is 0 Å². The van der Waals surface area contributed by atoms with Gasteiger partial charge in [-0.1, -0.05) is 12.2 Å². The van der Waals surface area contributed by atoms with E-state index in [1.54, 1.807) is 19.9 Å². The molecule has 1 unspecified atom stereocenters. The summed E-state index contributed by atoms with van der Waals surface area (Å²) >= 11 is 4.75. The fourth-order valence-electron chi connectivity index (χ4n) is 1.34. The Kier molecular flexibility index (Phi) is 5.03. The van der Waals surface area contributed by atoms with Crippen LogP contribution in [0.2, 0.25) is 0 Å². The van der Waals surface area contributed by atoms with Gasteiger partial charge in [0.05, 0.1) is 12.3 Å². The minimum Gasteiger partial charge on any atom is -0.464 e. The van der Waals surface area contributed by atoms with E-state index >= 15 is 0 Å². The second-order valence-electron chi connectivity index (χ2n) is 3.68. The third-order valence-electron chi connectivity index (χ3n) is 2.27. The molecule has 4 nitrogen and oxygen atoms in total. The average Bonchev–Trinajstić information content (AvgIpc) is 2.31. The van der Waals surface area contributed by atoms with Gasteiger partial charge in [0.1, 0.15) is 16.8 Å². The molecule has 0 radical (unpaired) electrons. The molecule has 1 atom stereocenters. The van der Waals surface area contributed by atoms with Crippen LogP contribution in [-0.2, 0) is 9.53 Å². The van der Waals surface area contributed by atoms with Gasteiger partial charge in [-0.2, -0.15) is 0 Å². The maximum absolute atomic E-state index is 13.7. The van der Waals surface area contributed by atoms with Crippen LogP contribution in [0.1, 0.15) is 19.4 Å². The molecule has 0 saturated heterocycles. The Labute approximate surface area is 110 Å². The van der Waals surface area contributed by atoms with Gasteiger partial charge in [-0.05, 0) is 32.0 Å². The first-order chi connectivity index (χ1) is 8.45. The van der Waals surface area contributed by atoms with Gasteiger partial charge in [-0.25, -0.2) is 9.18 Å². The Bertz CT molecular complexity index is 465. The molecule has 0 aliphatic rings. The molecular formula is C12H15FN2O2S. The number of nitrogens with one attached hydrogen (secondary N) is 1. The van der Waals surface area contributed by atoms with Crippen LogP contribution < -0.4 is 11.1 Å². The van der Waals surface area contributed by atoms with Crippen molar-refractivity contribution in [3.63, 3.8) is 0 Å². The molecule has 0 spiro atoms. The van der Waals surface area contributed by atoms with Crippen molar-refractivity contribution in [3.05, 3.63) is 29.6 Å². The standard InChI is InChI=1S/C12H15FN2O2S/c1-3-17-12(16)7(2)15-10-5-4-8(11(14)18)6-9(10)13/h4-7,15H,3H2,1-2H3,(H2,14,18). The number of anilines is 1. The number of carbonyl (C=O) groups excluding carboxylic acids is 1. The van der Waals surface area contributed by atoms with Crippen molar-refractivity contribution in [3.8, 4) is 0 Å². The number of carbonyl (C=O) groups is 1. The van der Waals surface area contributed by atoms with Crippen LogP contribution in [0.15, 0.2) is 18.2 Å². The summed E-state index contributed by atoms with van der Waals surface area (Å²) in [4.78, 5) is 11.5. The fraction of sp³-hybridized carbons (Fsp3) is 0.333. The quantitative estimate of drug-likeness (QED) is 0.631. The van der Waals surface area contributed by atoms with Crippen LogP contribution in [0.25, 0.3) is 0 Å². The molecule has 0 aromatic heterocycles. The van der Waals surface area contributed by atoms with Crippen molar-refractivity contribution < 1.29 is 13.9 Å². The molecule has 0 fully saturated rings. The number of halogens is 1. The van der Waals surface area contributed by atoms with Crippen molar-refractivity contribution in [2.75, 3.05) is 11.9 Å². The van der Waals surface area contributed by atoms with Gasteiger partial charge in [0, 0.05) is 5.56 Å². The van der Waals surface area contributed by atoms with Crippen molar-refractivity contribution >= 4 is 28.9 Å². The highest BCUT2D eigenvalue weighted by Gasteiger charge is 2.15. The SMILES string of the molecule is CCOC(=O)C(C)Nc1ccc(C(N)=S)cc1F. The highest BCUT2D eigenvalue weighted by atomic mass is 32.1. The summed E-state index contributed by atoms with van der Waals surface area (Å²) in [6.45, 7) is 3.59. The summed E-state index contributed by atoms with van der Waals surface area (Å²) in [5.74, 6) is -0.952. The van der Waals surface area contributed by atoms with E-state index in [0.717, 1.165) is 0 Å². The number of hydrogen-bond donors (Lipinski definition) is 2. The molecule has 1 rings (SSSR count). The first-order valence-corrected chi connectivity index (χ1v) is 5.89. The molecular weight excluding hydrogens is 255 g/mol. The molecule has 1 aromatic rings. The summed E-state index contributed by atoms with van der Waals surface area (Å²) in [6, 6.07) is 3.67. The molecule has 0 bridgehead atoms. The summed E-state index contributed by atoms with van der Waals surface area (Å²) in [5.41, 5.74) is 6.04. The highest BCUT2D eigenvalue weighted by molar-refractivity contribution is 7.80. The summed E-state index contributed by atoms with van der Waals surface area (Å²) in [5, 5.41) is 2.73. The lowest BCUT2D eigenvalue weighted by Gasteiger charge is -2.14. The molecule has 0 amide bonds. The second kappa shape index (κ2) is 6.30. The molecule has 18 heavy (non-hydrogen) atoms. The zero-order chi connectivity index (χ0) is 13.7. The van der Waals surface area contributed by atoms with Crippen LogP contribution >= 0.6 is 12.2 Å². The van der Waals surface area contributed by atoms with E-state index in [-0.39, 0.29) is 17.3 Å². The van der Waals surface area contributed by atoms with Gasteiger partial charge in [-0.15, -0.1) is 0 Å². The number of thiocarbonyl (C=S) groups is 1. The van der Waals surface area contributed by atoms with Gasteiger partial charge < -0.3 is 15.8 Å². The molecule has 98 valence electrons. The second-order valence-corrected chi connectivity index (χ2v) is 4.12. The summed E-state index contributed by atoms with van der Waals surface area (Å²) < 4.78 is 18.5. The van der Waals surface area contributed by atoms with E-state index in [1.807, 2.05) is 0 Å². The molecule has 1 aromatic carbocycles. The topological polar surface area (TPSA) is 64.3 Å². The van der Waals surface area contributed by atoms with E-state index in [0.29, 0.717) is 5.56 Å². The van der Waals surface area contributed by atoms with E-state index in [1.165, 1.54) is 12.1 Å². The molecule has 0 aliphatic carbocycles. The largest absolute Gasteiger partial charge is 0.464 e. The van der Waals surface area contributed by atoms with Crippen molar-refractivity contribution in [2.45, 2.75) is 19.9 Å². The number of ether oxygens (including phenoxy) is 1. The lowest BCUT2D eigenvalue weighted by molar-refractivity contribution is -0.143. The highest BCUT2D eigenvalue weighted by Crippen LogP contribution is 2.17. The average molecular weight is 270 g/mol. The van der Waals surface area contributed by atoms with Gasteiger partial charge in [0.15, 0.2) is 0 Å². The number of nitrogens with two attached hydrogens (primary N) is 1. The smallest absolute Gasteiger partial charge is 0.328 e. The Balaban J connectivity index is 2.79. The van der Waals surface area contributed by atoms with E-state index in [2.05, 4.69) is 5.32 Å². The van der Waals surface area contributed by atoms with E-state index in [4.69, 9.17) is 22.7 Å². The molecule has 0 heterocycles. The maximum atomic E-state index is 13.7.